The Balaban J connectivity index is 2.19. The van der Waals surface area contributed by atoms with E-state index in [-0.39, 0.29) is 16.4 Å². The average molecular weight is 315 g/mol. The number of Topliss-reactive ketones (excluding diaryl/α,β-unsaturated/α-hetero) is 1. The van der Waals surface area contributed by atoms with E-state index in [0.29, 0.717) is 5.56 Å². The van der Waals surface area contributed by atoms with Gasteiger partial charge >= 0.3 is 0 Å². The first-order valence-electron chi connectivity index (χ1n) is 5.74. The van der Waals surface area contributed by atoms with Gasteiger partial charge in [0.05, 0.1) is 16.7 Å². The van der Waals surface area contributed by atoms with Crippen molar-refractivity contribution in [3.05, 3.63) is 41.3 Å². The molecule has 0 aliphatic carbocycles. The highest BCUT2D eigenvalue weighted by Crippen LogP contribution is 2.14. The summed E-state index contributed by atoms with van der Waals surface area (Å²) in [6.07, 6.45) is 1.30. The number of sulfone groups is 1. The molecule has 0 saturated heterocycles. The molecular weight excluding hydrogens is 302 g/mol. The maximum absolute atomic E-state index is 12.1. The van der Waals surface area contributed by atoms with Crippen LogP contribution in [0.25, 0.3) is 0 Å². The van der Waals surface area contributed by atoms with Crippen molar-refractivity contribution in [1.29, 1.82) is 0 Å². The number of hydrogen-bond acceptors (Lipinski definition) is 5. The highest BCUT2D eigenvalue weighted by atomic mass is 32.2. The molecule has 6 nitrogen and oxygen atoms in total. The van der Waals surface area contributed by atoms with E-state index in [9.17, 15) is 21.6 Å². The second kappa shape index (κ2) is 5.12. The molecule has 1 unspecified atom stereocenters. The lowest BCUT2D eigenvalue weighted by atomic mass is 10.2. The Morgan fingerprint density at radius 2 is 1.85 bits per heavy atom. The van der Waals surface area contributed by atoms with Crippen LogP contribution in [0, 0.1) is 0 Å². The predicted molar refractivity (Wildman–Crippen MR) is 73.5 cm³/mol. The van der Waals surface area contributed by atoms with Gasteiger partial charge < -0.3 is 0 Å². The number of ketones is 1. The van der Waals surface area contributed by atoms with E-state index >= 15 is 0 Å². The van der Waals surface area contributed by atoms with Crippen molar-refractivity contribution in [1.82, 2.24) is 4.72 Å². The van der Waals surface area contributed by atoms with E-state index in [1.54, 1.807) is 0 Å². The lowest BCUT2D eigenvalue weighted by molar-refractivity contribution is 0.101. The quantitative estimate of drug-likeness (QED) is 0.815. The Kier molecular flexibility index (Phi) is 3.81. The molecule has 1 aromatic rings. The summed E-state index contributed by atoms with van der Waals surface area (Å²) in [4.78, 5) is 11.1. The minimum Gasteiger partial charge on any atom is -0.295 e. The summed E-state index contributed by atoms with van der Waals surface area (Å²) in [6, 6.07) is 4.69. The molecular formula is C12H13NO5S2. The summed E-state index contributed by atoms with van der Waals surface area (Å²) < 4.78 is 48.9. The molecule has 0 aromatic heterocycles. The van der Waals surface area contributed by atoms with Crippen molar-refractivity contribution in [2.45, 2.75) is 17.9 Å². The first-order chi connectivity index (χ1) is 9.20. The van der Waals surface area contributed by atoms with Crippen LogP contribution in [0.4, 0.5) is 0 Å². The Labute approximate surface area is 117 Å². The molecule has 1 atom stereocenters. The molecule has 2 rings (SSSR count). The summed E-state index contributed by atoms with van der Waals surface area (Å²) in [5, 5.41) is 0.999. The first-order valence-corrected chi connectivity index (χ1v) is 8.94. The van der Waals surface area contributed by atoms with Gasteiger partial charge in [0.15, 0.2) is 15.6 Å². The van der Waals surface area contributed by atoms with Crippen molar-refractivity contribution in [3.8, 4) is 0 Å². The maximum Gasteiger partial charge on any atom is 0.241 e. The minimum atomic E-state index is -3.81. The van der Waals surface area contributed by atoms with Gasteiger partial charge in [-0.3, -0.25) is 4.79 Å². The van der Waals surface area contributed by atoms with Crippen molar-refractivity contribution in [2.24, 2.45) is 0 Å². The van der Waals surface area contributed by atoms with Gasteiger partial charge in [0.25, 0.3) is 0 Å². The Bertz CT molecular complexity index is 761. The summed E-state index contributed by atoms with van der Waals surface area (Å²) >= 11 is 0. The SMILES string of the molecule is CC(=O)c1ccc(S(=O)(=O)NC2C=CS(=O)(=O)C2)cc1. The van der Waals surface area contributed by atoms with Gasteiger partial charge in [0.2, 0.25) is 10.0 Å². The minimum absolute atomic E-state index is 0.0137. The van der Waals surface area contributed by atoms with Gasteiger partial charge in [0.1, 0.15) is 0 Å². The predicted octanol–water partition coefficient (Wildman–Crippen LogP) is 0.478. The molecule has 1 N–H and O–H groups in total. The molecule has 0 amide bonds. The number of rotatable bonds is 4. The Morgan fingerprint density at radius 3 is 2.30 bits per heavy atom. The third-order valence-electron chi connectivity index (χ3n) is 2.81. The summed E-state index contributed by atoms with van der Waals surface area (Å²) in [5.41, 5.74) is 0.410. The van der Waals surface area contributed by atoms with Crippen molar-refractivity contribution in [3.63, 3.8) is 0 Å². The van der Waals surface area contributed by atoms with Crippen molar-refractivity contribution >= 4 is 25.6 Å². The molecule has 0 fully saturated rings. The number of benzene rings is 1. The third-order valence-corrected chi connectivity index (χ3v) is 5.71. The van der Waals surface area contributed by atoms with Gasteiger partial charge in [-0.25, -0.2) is 21.6 Å². The van der Waals surface area contributed by atoms with Gasteiger partial charge in [-0.2, -0.15) is 0 Å². The Hall–Kier alpha value is -1.51. The molecule has 0 bridgehead atoms. The highest BCUT2D eigenvalue weighted by Gasteiger charge is 2.26. The summed E-state index contributed by atoms with van der Waals surface area (Å²) in [6.45, 7) is 1.38. The number of sulfonamides is 1. The van der Waals surface area contributed by atoms with Crippen LogP contribution in [0.1, 0.15) is 17.3 Å². The fourth-order valence-electron chi connectivity index (χ4n) is 1.79. The second-order valence-electron chi connectivity index (χ2n) is 4.47. The zero-order valence-electron chi connectivity index (χ0n) is 10.6. The zero-order chi connectivity index (χ0) is 15.0. The fraction of sp³-hybridized carbons (Fsp3) is 0.250. The topological polar surface area (TPSA) is 97.4 Å². The maximum atomic E-state index is 12.1. The van der Waals surface area contributed by atoms with Gasteiger partial charge in [-0.05, 0) is 19.1 Å². The van der Waals surface area contributed by atoms with E-state index in [1.807, 2.05) is 0 Å². The van der Waals surface area contributed by atoms with Crippen LogP contribution >= 0.6 is 0 Å². The number of carbonyl (C=O) groups excluding carboxylic acids is 1. The Morgan fingerprint density at radius 1 is 1.25 bits per heavy atom. The molecule has 1 aromatic carbocycles. The molecule has 0 spiro atoms. The van der Waals surface area contributed by atoms with E-state index < -0.39 is 25.9 Å². The molecule has 108 valence electrons. The van der Waals surface area contributed by atoms with Crippen molar-refractivity contribution < 1.29 is 21.6 Å². The van der Waals surface area contributed by atoms with E-state index in [4.69, 9.17) is 0 Å². The number of carbonyl (C=O) groups is 1. The second-order valence-corrected chi connectivity index (χ2v) is 8.11. The smallest absolute Gasteiger partial charge is 0.241 e. The summed E-state index contributed by atoms with van der Waals surface area (Å²) in [7, 11) is -7.13. The lowest BCUT2D eigenvalue weighted by Gasteiger charge is -2.11. The van der Waals surface area contributed by atoms with Crippen LogP contribution in [0.5, 0.6) is 0 Å². The van der Waals surface area contributed by atoms with E-state index in [0.717, 1.165) is 5.41 Å². The zero-order valence-corrected chi connectivity index (χ0v) is 12.2. The molecule has 20 heavy (non-hydrogen) atoms. The van der Waals surface area contributed by atoms with Gasteiger partial charge in [-0.1, -0.05) is 18.2 Å². The molecule has 1 aliphatic heterocycles. The standard InChI is InChI=1S/C12H13NO5S2/c1-9(14)10-2-4-12(5-3-10)20(17,18)13-11-6-7-19(15,16)8-11/h2-7,11,13H,8H2,1H3. The van der Waals surface area contributed by atoms with Crippen LogP contribution in [0.2, 0.25) is 0 Å². The van der Waals surface area contributed by atoms with Crippen LogP contribution in [-0.4, -0.2) is 34.4 Å². The fourth-order valence-corrected chi connectivity index (χ4v) is 4.32. The van der Waals surface area contributed by atoms with Crippen LogP contribution in [0.15, 0.2) is 40.6 Å². The van der Waals surface area contributed by atoms with Crippen LogP contribution in [0.3, 0.4) is 0 Å². The third kappa shape index (κ3) is 3.33. The molecule has 0 saturated carbocycles. The number of hydrogen-bond donors (Lipinski definition) is 1. The monoisotopic (exact) mass is 315 g/mol. The molecule has 1 aliphatic rings. The molecule has 0 radical (unpaired) electrons. The van der Waals surface area contributed by atoms with E-state index in [1.165, 1.54) is 37.3 Å². The van der Waals surface area contributed by atoms with E-state index in [2.05, 4.69) is 4.72 Å². The van der Waals surface area contributed by atoms with Crippen molar-refractivity contribution in [2.75, 3.05) is 5.75 Å². The molecule has 1 heterocycles. The number of nitrogens with one attached hydrogen (secondary N) is 1. The van der Waals surface area contributed by atoms with Crippen LogP contribution in [-0.2, 0) is 19.9 Å². The van der Waals surface area contributed by atoms with Crippen LogP contribution < -0.4 is 4.72 Å². The van der Waals surface area contributed by atoms with Gasteiger partial charge in [-0.15, -0.1) is 0 Å². The molecule has 8 heteroatoms. The lowest BCUT2D eigenvalue weighted by Crippen LogP contribution is -2.35. The average Bonchev–Trinajstić information content (AvgIpc) is 2.68. The normalized spacial score (nSPS) is 20.9. The van der Waals surface area contributed by atoms with Gasteiger partial charge in [0, 0.05) is 11.0 Å². The first kappa shape index (κ1) is 14.9. The largest absolute Gasteiger partial charge is 0.295 e. The highest BCUT2D eigenvalue weighted by molar-refractivity contribution is 7.94. The summed E-state index contributed by atoms with van der Waals surface area (Å²) in [5.74, 6) is -0.440.